The van der Waals surface area contributed by atoms with E-state index in [0.29, 0.717) is 5.92 Å². The van der Waals surface area contributed by atoms with E-state index in [9.17, 15) is 0 Å². The second-order valence-electron chi connectivity index (χ2n) is 5.23. The van der Waals surface area contributed by atoms with Gasteiger partial charge in [-0.3, -0.25) is 0 Å². The molecular weight excluding hydrogens is 290 g/mol. The summed E-state index contributed by atoms with van der Waals surface area (Å²) in [6, 6.07) is 8.82. The molecule has 0 aromatic heterocycles. The van der Waals surface area contributed by atoms with Crippen molar-refractivity contribution >= 4 is 15.9 Å². The van der Waals surface area contributed by atoms with Gasteiger partial charge in [-0.15, -0.1) is 0 Å². The van der Waals surface area contributed by atoms with Crippen molar-refractivity contribution in [1.29, 1.82) is 0 Å². The Hall–Kier alpha value is -0.540. The van der Waals surface area contributed by atoms with E-state index in [4.69, 9.17) is 4.74 Å². The van der Waals surface area contributed by atoms with Crippen molar-refractivity contribution in [3.8, 4) is 5.75 Å². The van der Waals surface area contributed by atoms with Crippen molar-refractivity contribution in [3.05, 3.63) is 28.7 Å². The highest BCUT2D eigenvalue weighted by Gasteiger charge is 2.16. The standard InChI is InChI=1S/C15H22BrNO/c1-12(11-17-14-3-2-4-14)9-10-18-15-7-5-13(16)6-8-15/h5-8,12,14,17H,2-4,9-11H2,1H3. The molecule has 0 spiro atoms. The predicted octanol–water partition coefficient (Wildman–Crippen LogP) is 4.00. The SMILES string of the molecule is CC(CCOc1ccc(Br)cc1)CNC1CCC1. The molecule has 1 saturated carbocycles. The molecule has 1 aliphatic rings. The number of hydrogen-bond donors (Lipinski definition) is 1. The van der Waals surface area contributed by atoms with Gasteiger partial charge in [0.25, 0.3) is 0 Å². The van der Waals surface area contributed by atoms with Crippen LogP contribution in [0.5, 0.6) is 5.75 Å². The topological polar surface area (TPSA) is 21.3 Å². The van der Waals surface area contributed by atoms with Crippen LogP contribution in [-0.4, -0.2) is 19.2 Å². The quantitative estimate of drug-likeness (QED) is 0.822. The lowest BCUT2D eigenvalue weighted by atomic mass is 9.92. The summed E-state index contributed by atoms with van der Waals surface area (Å²) in [5, 5.41) is 3.61. The molecule has 0 amide bonds. The van der Waals surface area contributed by atoms with Crippen LogP contribution < -0.4 is 10.1 Å². The molecule has 18 heavy (non-hydrogen) atoms. The van der Waals surface area contributed by atoms with Crippen LogP contribution in [0, 0.1) is 5.92 Å². The molecule has 3 heteroatoms. The Kier molecular flexibility index (Phi) is 5.51. The number of nitrogens with one attached hydrogen (secondary N) is 1. The van der Waals surface area contributed by atoms with Crippen molar-refractivity contribution in [1.82, 2.24) is 5.32 Å². The zero-order valence-electron chi connectivity index (χ0n) is 11.0. The molecule has 1 N–H and O–H groups in total. The third-order valence-corrected chi connectivity index (χ3v) is 4.08. The van der Waals surface area contributed by atoms with Gasteiger partial charge in [-0.1, -0.05) is 29.3 Å². The first kappa shape index (κ1) is 13.9. The molecule has 2 rings (SSSR count). The van der Waals surface area contributed by atoms with E-state index in [0.717, 1.165) is 35.8 Å². The second kappa shape index (κ2) is 7.15. The largest absolute Gasteiger partial charge is 0.494 e. The summed E-state index contributed by atoms with van der Waals surface area (Å²) in [6.45, 7) is 4.21. The van der Waals surface area contributed by atoms with Crippen molar-refractivity contribution < 1.29 is 4.74 Å². The zero-order chi connectivity index (χ0) is 12.8. The van der Waals surface area contributed by atoms with Crippen LogP contribution in [0.3, 0.4) is 0 Å². The van der Waals surface area contributed by atoms with Gasteiger partial charge in [-0.25, -0.2) is 0 Å². The van der Waals surface area contributed by atoms with E-state index in [2.05, 4.69) is 28.2 Å². The summed E-state index contributed by atoms with van der Waals surface area (Å²) in [5.74, 6) is 1.64. The minimum absolute atomic E-state index is 0.682. The molecule has 0 bridgehead atoms. The highest BCUT2D eigenvalue weighted by atomic mass is 79.9. The van der Waals surface area contributed by atoms with E-state index in [1.165, 1.54) is 19.3 Å². The van der Waals surface area contributed by atoms with Crippen molar-refractivity contribution in [2.45, 2.75) is 38.6 Å². The zero-order valence-corrected chi connectivity index (χ0v) is 12.6. The van der Waals surface area contributed by atoms with E-state index >= 15 is 0 Å². The van der Waals surface area contributed by atoms with Gasteiger partial charge in [-0.2, -0.15) is 0 Å². The Morgan fingerprint density at radius 2 is 2.06 bits per heavy atom. The molecule has 1 aliphatic carbocycles. The summed E-state index contributed by atoms with van der Waals surface area (Å²) >= 11 is 3.42. The molecule has 1 aromatic rings. The Bertz CT molecular complexity index is 348. The van der Waals surface area contributed by atoms with Crippen LogP contribution in [0.4, 0.5) is 0 Å². The molecule has 2 nitrogen and oxygen atoms in total. The fourth-order valence-electron chi connectivity index (χ4n) is 1.99. The van der Waals surface area contributed by atoms with Crippen LogP contribution in [0.15, 0.2) is 28.7 Å². The second-order valence-corrected chi connectivity index (χ2v) is 6.15. The monoisotopic (exact) mass is 311 g/mol. The third-order valence-electron chi connectivity index (χ3n) is 3.55. The van der Waals surface area contributed by atoms with Crippen molar-refractivity contribution in [2.24, 2.45) is 5.92 Å². The Morgan fingerprint density at radius 1 is 1.33 bits per heavy atom. The van der Waals surface area contributed by atoms with Gasteiger partial charge in [0.15, 0.2) is 0 Å². The lowest BCUT2D eigenvalue weighted by Gasteiger charge is -2.28. The number of ether oxygens (including phenoxy) is 1. The smallest absolute Gasteiger partial charge is 0.119 e. The molecule has 0 heterocycles. The number of halogens is 1. The fourth-order valence-corrected chi connectivity index (χ4v) is 2.26. The number of hydrogen-bond acceptors (Lipinski definition) is 2. The van der Waals surface area contributed by atoms with Crippen LogP contribution in [0.1, 0.15) is 32.6 Å². The molecule has 1 atom stereocenters. The van der Waals surface area contributed by atoms with Gasteiger partial charge < -0.3 is 10.1 Å². The molecule has 1 aromatic carbocycles. The Balaban J connectivity index is 1.57. The van der Waals surface area contributed by atoms with Crippen molar-refractivity contribution in [3.63, 3.8) is 0 Å². The first-order chi connectivity index (χ1) is 8.74. The lowest BCUT2D eigenvalue weighted by molar-refractivity contribution is 0.265. The summed E-state index contributed by atoms with van der Waals surface area (Å²) in [4.78, 5) is 0. The first-order valence-corrected chi connectivity index (χ1v) is 7.65. The average molecular weight is 312 g/mol. The summed E-state index contributed by atoms with van der Waals surface area (Å²) in [7, 11) is 0. The van der Waals surface area contributed by atoms with Gasteiger partial charge >= 0.3 is 0 Å². The van der Waals surface area contributed by atoms with E-state index in [1.807, 2.05) is 24.3 Å². The number of rotatable bonds is 7. The van der Waals surface area contributed by atoms with Crippen LogP contribution >= 0.6 is 15.9 Å². The average Bonchev–Trinajstić information content (AvgIpc) is 2.30. The molecule has 0 aliphatic heterocycles. The van der Waals surface area contributed by atoms with Crippen LogP contribution in [0.25, 0.3) is 0 Å². The van der Waals surface area contributed by atoms with Gasteiger partial charge in [0.2, 0.25) is 0 Å². The fraction of sp³-hybridized carbons (Fsp3) is 0.600. The Morgan fingerprint density at radius 3 is 2.67 bits per heavy atom. The van der Waals surface area contributed by atoms with Crippen molar-refractivity contribution in [2.75, 3.05) is 13.2 Å². The minimum Gasteiger partial charge on any atom is -0.494 e. The van der Waals surface area contributed by atoms with Gasteiger partial charge in [0.1, 0.15) is 5.75 Å². The maximum absolute atomic E-state index is 5.73. The normalized spacial score (nSPS) is 17.2. The highest BCUT2D eigenvalue weighted by molar-refractivity contribution is 9.10. The van der Waals surface area contributed by atoms with Gasteiger partial charge in [0, 0.05) is 10.5 Å². The number of benzene rings is 1. The maximum atomic E-state index is 5.73. The molecule has 100 valence electrons. The van der Waals surface area contributed by atoms with E-state index < -0.39 is 0 Å². The van der Waals surface area contributed by atoms with Crippen LogP contribution in [0.2, 0.25) is 0 Å². The molecule has 0 radical (unpaired) electrons. The highest BCUT2D eigenvalue weighted by Crippen LogP contribution is 2.19. The summed E-state index contributed by atoms with van der Waals surface area (Å²) in [6.07, 6.45) is 5.23. The molecule has 1 unspecified atom stereocenters. The predicted molar refractivity (Wildman–Crippen MR) is 79.1 cm³/mol. The summed E-state index contributed by atoms with van der Waals surface area (Å²) in [5.41, 5.74) is 0. The van der Waals surface area contributed by atoms with Crippen LogP contribution in [-0.2, 0) is 0 Å². The Labute approximate surface area is 118 Å². The van der Waals surface area contributed by atoms with E-state index in [1.54, 1.807) is 0 Å². The molecule has 1 fully saturated rings. The molecule has 0 saturated heterocycles. The van der Waals surface area contributed by atoms with E-state index in [-0.39, 0.29) is 0 Å². The summed E-state index contributed by atoms with van der Waals surface area (Å²) < 4.78 is 6.82. The van der Waals surface area contributed by atoms with Gasteiger partial charge in [0.05, 0.1) is 6.61 Å². The maximum Gasteiger partial charge on any atom is 0.119 e. The molecular formula is C15H22BrNO. The first-order valence-electron chi connectivity index (χ1n) is 6.86. The lowest BCUT2D eigenvalue weighted by Crippen LogP contribution is -2.37. The third kappa shape index (κ3) is 4.62. The van der Waals surface area contributed by atoms with Gasteiger partial charge in [-0.05, 0) is 56.0 Å². The minimum atomic E-state index is 0.682.